The van der Waals surface area contributed by atoms with Crippen molar-refractivity contribution in [2.45, 2.75) is 26.7 Å². The fourth-order valence-corrected chi connectivity index (χ4v) is 3.29. The van der Waals surface area contributed by atoms with Crippen LogP contribution in [-0.2, 0) is 0 Å². The van der Waals surface area contributed by atoms with Gasteiger partial charge < -0.3 is 5.32 Å². The van der Waals surface area contributed by atoms with Crippen molar-refractivity contribution in [3.63, 3.8) is 0 Å². The van der Waals surface area contributed by atoms with Crippen molar-refractivity contribution in [2.75, 3.05) is 17.6 Å². The van der Waals surface area contributed by atoms with Crippen LogP contribution in [0.2, 0.25) is 0 Å². The fourth-order valence-electron chi connectivity index (χ4n) is 2.01. The van der Waals surface area contributed by atoms with Gasteiger partial charge in [0.05, 0.1) is 5.69 Å². The molecule has 0 spiro atoms. The Labute approximate surface area is 116 Å². The number of anilines is 1. The highest BCUT2D eigenvalue weighted by Gasteiger charge is 2.30. The van der Waals surface area contributed by atoms with E-state index < -0.39 is 11.6 Å². The number of thioether (sulfide) groups is 1. The maximum Gasteiger partial charge on any atom is 0.161 e. The van der Waals surface area contributed by atoms with E-state index in [9.17, 15) is 8.78 Å². The Hall–Kier alpha value is -1.10. The van der Waals surface area contributed by atoms with Crippen molar-refractivity contribution in [3.8, 4) is 0 Å². The zero-order valence-corrected chi connectivity index (χ0v) is 12.0. The third-order valence-corrected chi connectivity index (χ3v) is 5.00. The highest BCUT2D eigenvalue weighted by atomic mass is 32.2. The van der Waals surface area contributed by atoms with E-state index in [4.69, 9.17) is 0 Å². The van der Waals surface area contributed by atoms with Gasteiger partial charge >= 0.3 is 0 Å². The monoisotopic (exact) mass is 284 g/mol. The normalized spacial score (nSPS) is 18.0. The molecular formula is C14H18F2N2S. The summed E-state index contributed by atoms with van der Waals surface area (Å²) >= 11 is 1.58. The van der Waals surface area contributed by atoms with Crippen molar-refractivity contribution in [2.24, 2.45) is 10.4 Å². The van der Waals surface area contributed by atoms with Crippen LogP contribution in [0.4, 0.5) is 14.5 Å². The minimum atomic E-state index is -0.465. The molecule has 0 saturated heterocycles. The maximum atomic E-state index is 13.5. The Morgan fingerprint density at radius 3 is 2.63 bits per heavy atom. The van der Waals surface area contributed by atoms with E-state index in [0.717, 1.165) is 43.3 Å². The molecule has 1 aromatic rings. The highest BCUT2D eigenvalue weighted by molar-refractivity contribution is 8.14. The minimum Gasteiger partial charge on any atom is -0.333 e. The molecule has 104 valence electrons. The molecule has 19 heavy (non-hydrogen) atoms. The summed E-state index contributed by atoms with van der Waals surface area (Å²) in [7, 11) is 0. The van der Waals surface area contributed by atoms with Crippen LogP contribution in [0.15, 0.2) is 23.2 Å². The Bertz CT molecular complexity index is 484. The van der Waals surface area contributed by atoms with E-state index in [1.165, 1.54) is 0 Å². The summed E-state index contributed by atoms with van der Waals surface area (Å²) in [5.74, 6) is 0.0391. The molecule has 1 aliphatic rings. The molecule has 0 fully saturated rings. The summed E-state index contributed by atoms with van der Waals surface area (Å²) in [5.41, 5.74) is 0.391. The third-order valence-electron chi connectivity index (χ3n) is 3.74. The first-order chi connectivity index (χ1) is 9.08. The molecule has 5 heteroatoms. The van der Waals surface area contributed by atoms with Crippen LogP contribution in [0, 0.1) is 17.0 Å². The lowest BCUT2D eigenvalue weighted by atomic mass is 9.84. The lowest BCUT2D eigenvalue weighted by molar-refractivity contribution is 0.318. The number of halogens is 2. The quantitative estimate of drug-likeness (QED) is 0.895. The van der Waals surface area contributed by atoms with Crippen LogP contribution in [0.5, 0.6) is 0 Å². The van der Waals surface area contributed by atoms with Gasteiger partial charge in [0.25, 0.3) is 0 Å². The average molecular weight is 284 g/mol. The number of amidine groups is 1. The molecule has 2 rings (SSSR count). The Kier molecular flexibility index (Phi) is 4.45. The van der Waals surface area contributed by atoms with Crippen LogP contribution in [0.1, 0.15) is 26.7 Å². The van der Waals surface area contributed by atoms with Crippen LogP contribution < -0.4 is 5.32 Å². The molecule has 0 aliphatic carbocycles. The fraction of sp³-hybridized carbons (Fsp3) is 0.500. The number of hydrogen-bond acceptors (Lipinski definition) is 3. The summed E-state index contributed by atoms with van der Waals surface area (Å²) in [5, 5.41) is 3.54. The molecule has 1 heterocycles. The van der Waals surface area contributed by atoms with Crippen molar-refractivity contribution in [1.82, 2.24) is 0 Å². The summed E-state index contributed by atoms with van der Waals surface area (Å²) in [6.45, 7) is 5.08. The lowest BCUT2D eigenvalue weighted by Gasteiger charge is -2.33. The first-order valence-corrected chi connectivity index (χ1v) is 7.46. The van der Waals surface area contributed by atoms with Gasteiger partial charge in [0, 0.05) is 18.4 Å². The SMILES string of the molecule is CCC1(CC)CN=C(Nc2cc(F)ccc2F)SC1. The van der Waals surface area contributed by atoms with Crippen molar-refractivity contribution >= 4 is 22.6 Å². The summed E-state index contributed by atoms with van der Waals surface area (Å²) < 4.78 is 26.6. The van der Waals surface area contributed by atoms with Crippen molar-refractivity contribution in [3.05, 3.63) is 29.8 Å². The largest absolute Gasteiger partial charge is 0.333 e. The lowest BCUT2D eigenvalue weighted by Crippen LogP contribution is -2.32. The van der Waals surface area contributed by atoms with Gasteiger partial charge in [-0.05, 0) is 30.4 Å². The van der Waals surface area contributed by atoms with Gasteiger partial charge in [0.2, 0.25) is 0 Å². The van der Waals surface area contributed by atoms with E-state index in [2.05, 4.69) is 24.2 Å². The van der Waals surface area contributed by atoms with E-state index in [0.29, 0.717) is 5.17 Å². The van der Waals surface area contributed by atoms with Crippen LogP contribution in [0.25, 0.3) is 0 Å². The third kappa shape index (κ3) is 3.26. The maximum absolute atomic E-state index is 13.5. The molecule has 0 saturated carbocycles. The second-order valence-electron chi connectivity index (χ2n) is 4.87. The molecule has 0 atom stereocenters. The molecule has 0 amide bonds. The van der Waals surface area contributed by atoms with Gasteiger partial charge in [0.15, 0.2) is 5.17 Å². The van der Waals surface area contributed by atoms with Gasteiger partial charge in [-0.2, -0.15) is 0 Å². The summed E-state index contributed by atoms with van der Waals surface area (Å²) in [4.78, 5) is 4.47. The molecule has 0 bridgehead atoms. The second-order valence-corrected chi connectivity index (χ2v) is 5.83. The zero-order valence-electron chi connectivity index (χ0n) is 11.2. The van der Waals surface area contributed by atoms with Gasteiger partial charge in [-0.3, -0.25) is 4.99 Å². The average Bonchev–Trinajstić information content (AvgIpc) is 2.44. The minimum absolute atomic E-state index is 0.145. The summed E-state index contributed by atoms with van der Waals surface area (Å²) in [6, 6.07) is 3.38. The first-order valence-electron chi connectivity index (χ1n) is 6.48. The van der Waals surface area contributed by atoms with Gasteiger partial charge in [-0.25, -0.2) is 8.78 Å². The Morgan fingerprint density at radius 1 is 1.32 bits per heavy atom. The highest BCUT2D eigenvalue weighted by Crippen LogP contribution is 2.35. The molecule has 2 nitrogen and oxygen atoms in total. The van der Waals surface area contributed by atoms with Crippen molar-refractivity contribution in [1.29, 1.82) is 0 Å². The van der Waals surface area contributed by atoms with E-state index in [1.54, 1.807) is 11.8 Å². The Morgan fingerprint density at radius 2 is 2.05 bits per heavy atom. The van der Waals surface area contributed by atoms with Crippen LogP contribution in [0.3, 0.4) is 0 Å². The molecular weight excluding hydrogens is 266 g/mol. The topological polar surface area (TPSA) is 24.4 Å². The predicted octanol–water partition coefficient (Wildman–Crippen LogP) is 4.29. The number of aliphatic imine (C=N–C) groups is 1. The molecule has 1 aliphatic heterocycles. The van der Waals surface area contributed by atoms with Gasteiger partial charge in [-0.1, -0.05) is 25.6 Å². The van der Waals surface area contributed by atoms with E-state index in [-0.39, 0.29) is 11.1 Å². The first kappa shape index (κ1) is 14.3. The zero-order chi connectivity index (χ0) is 13.9. The molecule has 1 N–H and O–H groups in total. The summed E-state index contributed by atoms with van der Waals surface area (Å²) in [6.07, 6.45) is 2.17. The van der Waals surface area contributed by atoms with Crippen LogP contribution >= 0.6 is 11.8 Å². The molecule has 0 radical (unpaired) electrons. The molecule has 1 aromatic carbocycles. The number of nitrogens with zero attached hydrogens (tertiary/aromatic N) is 1. The number of hydrogen-bond donors (Lipinski definition) is 1. The van der Waals surface area contributed by atoms with E-state index >= 15 is 0 Å². The predicted molar refractivity (Wildman–Crippen MR) is 77.8 cm³/mol. The van der Waals surface area contributed by atoms with Gasteiger partial charge in [-0.15, -0.1) is 0 Å². The number of benzene rings is 1. The molecule has 0 unspecified atom stereocenters. The van der Waals surface area contributed by atoms with E-state index in [1.807, 2.05) is 0 Å². The smallest absolute Gasteiger partial charge is 0.161 e. The number of nitrogens with one attached hydrogen (secondary N) is 1. The molecule has 0 aromatic heterocycles. The number of rotatable bonds is 3. The standard InChI is InChI=1S/C14H18F2N2S/c1-3-14(4-2)8-17-13(19-9-14)18-12-7-10(15)5-6-11(12)16/h5-7H,3-4,8-9H2,1-2H3,(H,17,18). The van der Waals surface area contributed by atoms with Gasteiger partial charge in [0.1, 0.15) is 11.6 Å². The second kappa shape index (κ2) is 5.90. The van der Waals surface area contributed by atoms with Crippen LogP contribution in [-0.4, -0.2) is 17.5 Å². The van der Waals surface area contributed by atoms with Crippen molar-refractivity contribution < 1.29 is 8.78 Å². The Balaban J connectivity index is 2.09.